The van der Waals surface area contributed by atoms with Crippen molar-refractivity contribution in [1.29, 1.82) is 0 Å². The fourth-order valence-electron chi connectivity index (χ4n) is 3.57. The highest BCUT2D eigenvalue weighted by Crippen LogP contribution is 2.28. The SMILES string of the molecule is CC(C)=C[C@@H]1CCCC[C@H]1NC1CCCCC1. The lowest BCUT2D eigenvalue weighted by molar-refractivity contribution is 0.251. The van der Waals surface area contributed by atoms with Gasteiger partial charge in [0, 0.05) is 12.1 Å². The van der Waals surface area contributed by atoms with E-state index in [0.717, 1.165) is 18.0 Å². The van der Waals surface area contributed by atoms with Gasteiger partial charge in [-0.25, -0.2) is 0 Å². The van der Waals surface area contributed by atoms with Crippen molar-refractivity contribution in [1.82, 2.24) is 5.32 Å². The van der Waals surface area contributed by atoms with E-state index in [-0.39, 0.29) is 0 Å². The standard InChI is InChI=1S/C16H29N/c1-13(2)12-14-8-6-7-11-16(14)17-15-9-4-3-5-10-15/h12,14-17H,3-11H2,1-2H3/t14-,16+/m0/s1. The minimum Gasteiger partial charge on any atom is -0.311 e. The summed E-state index contributed by atoms with van der Waals surface area (Å²) >= 11 is 0. The van der Waals surface area contributed by atoms with Gasteiger partial charge in [-0.15, -0.1) is 0 Å². The normalized spacial score (nSPS) is 31.2. The van der Waals surface area contributed by atoms with Crippen LogP contribution in [0, 0.1) is 5.92 Å². The van der Waals surface area contributed by atoms with Crippen molar-refractivity contribution in [3.63, 3.8) is 0 Å². The molecule has 2 saturated carbocycles. The molecule has 0 radical (unpaired) electrons. The van der Waals surface area contributed by atoms with Crippen LogP contribution < -0.4 is 5.32 Å². The fraction of sp³-hybridized carbons (Fsp3) is 0.875. The number of nitrogens with one attached hydrogen (secondary N) is 1. The maximum absolute atomic E-state index is 3.97. The van der Waals surface area contributed by atoms with Crippen LogP contribution >= 0.6 is 0 Å². The molecule has 2 aliphatic carbocycles. The lowest BCUT2D eigenvalue weighted by atomic mass is 9.82. The highest BCUT2D eigenvalue weighted by molar-refractivity contribution is 5.03. The van der Waals surface area contributed by atoms with Gasteiger partial charge in [-0.1, -0.05) is 43.8 Å². The summed E-state index contributed by atoms with van der Waals surface area (Å²) in [7, 11) is 0. The first-order valence-corrected chi connectivity index (χ1v) is 7.67. The molecular formula is C16H29N. The Morgan fingerprint density at radius 1 is 0.882 bits per heavy atom. The Morgan fingerprint density at radius 2 is 1.53 bits per heavy atom. The highest BCUT2D eigenvalue weighted by atomic mass is 15.0. The van der Waals surface area contributed by atoms with Crippen LogP contribution in [0.2, 0.25) is 0 Å². The molecule has 0 heterocycles. The van der Waals surface area contributed by atoms with Crippen LogP contribution in [0.15, 0.2) is 11.6 Å². The first-order chi connectivity index (χ1) is 8.25. The van der Waals surface area contributed by atoms with Gasteiger partial charge >= 0.3 is 0 Å². The summed E-state index contributed by atoms with van der Waals surface area (Å²) in [6.45, 7) is 4.48. The Bertz CT molecular complexity index is 246. The second kappa shape index (κ2) is 6.58. The average molecular weight is 235 g/mol. The summed E-state index contributed by atoms with van der Waals surface area (Å²) in [4.78, 5) is 0. The fourth-order valence-corrected chi connectivity index (χ4v) is 3.57. The van der Waals surface area contributed by atoms with Gasteiger partial charge in [0.25, 0.3) is 0 Å². The molecule has 1 heteroatoms. The van der Waals surface area contributed by atoms with E-state index in [4.69, 9.17) is 0 Å². The first kappa shape index (κ1) is 13.1. The summed E-state index contributed by atoms with van der Waals surface area (Å²) in [5.74, 6) is 0.802. The van der Waals surface area contributed by atoms with E-state index in [0.29, 0.717) is 0 Å². The Labute approximate surface area is 107 Å². The number of rotatable bonds is 3. The molecule has 0 aromatic carbocycles. The second-order valence-corrected chi connectivity index (χ2v) is 6.30. The Hall–Kier alpha value is -0.300. The average Bonchev–Trinajstić information content (AvgIpc) is 2.32. The molecule has 0 saturated heterocycles. The number of allylic oxidation sites excluding steroid dienone is 1. The maximum atomic E-state index is 3.97. The first-order valence-electron chi connectivity index (χ1n) is 7.67. The van der Waals surface area contributed by atoms with Crippen LogP contribution in [0.3, 0.4) is 0 Å². The van der Waals surface area contributed by atoms with Gasteiger partial charge in [0.15, 0.2) is 0 Å². The highest BCUT2D eigenvalue weighted by Gasteiger charge is 2.26. The predicted molar refractivity (Wildman–Crippen MR) is 75.2 cm³/mol. The zero-order chi connectivity index (χ0) is 12.1. The minimum atomic E-state index is 0.766. The van der Waals surface area contributed by atoms with Crippen molar-refractivity contribution in [3.05, 3.63) is 11.6 Å². The molecule has 2 rings (SSSR count). The molecule has 0 aliphatic heterocycles. The van der Waals surface area contributed by atoms with E-state index in [9.17, 15) is 0 Å². The number of hydrogen-bond acceptors (Lipinski definition) is 1. The summed E-state index contributed by atoms with van der Waals surface area (Å²) in [6.07, 6.45) is 15.3. The van der Waals surface area contributed by atoms with Gasteiger partial charge in [-0.3, -0.25) is 0 Å². The molecule has 1 N–H and O–H groups in total. The van der Waals surface area contributed by atoms with Crippen molar-refractivity contribution in [2.75, 3.05) is 0 Å². The molecule has 0 amide bonds. The van der Waals surface area contributed by atoms with E-state index in [1.54, 1.807) is 0 Å². The van der Waals surface area contributed by atoms with Crippen LogP contribution in [-0.4, -0.2) is 12.1 Å². The third-order valence-electron chi connectivity index (χ3n) is 4.42. The molecule has 0 aromatic rings. The van der Waals surface area contributed by atoms with Gasteiger partial charge < -0.3 is 5.32 Å². The third-order valence-corrected chi connectivity index (χ3v) is 4.42. The molecule has 0 unspecified atom stereocenters. The van der Waals surface area contributed by atoms with Gasteiger partial charge in [0.2, 0.25) is 0 Å². The van der Waals surface area contributed by atoms with E-state index in [1.807, 2.05) is 0 Å². The smallest absolute Gasteiger partial charge is 0.0132 e. The molecule has 0 spiro atoms. The second-order valence-electron chi connectivity index (χ2n) is 6.30. The Balaban J connectivity index is 1.89. The van der Waals surface area contributed by atoms with E-state index < -0.39 is 0 Å². The Morgan fingerprint density at radius 3 is 2.24 bits per heavy atom. The van der Waals surface area contributed by atoms with Gasteiger partial charge in [0.05, 0.1) is 0 Å². The summed E-state index contributed by atoms with van der Waals surface area (Å²) in [5.41, 5.74) is 1.49. The van der Waals surface area contributed by atoms with Crippen LogP contribution in [0.25, 0.3) is 0 Å². The third kappa shape index (κ3) is 4.13. The lowest BCUT2D eigenvalue weighted by Gasteiger charge is -2.35. The van der Waals surface area contributed by atoms with Crippen LogP contribution in [0.5, 0.6) is 0 Å². The molecule has 2 aliphatic rings. The molecule has 1 nitrogen and oxygen atoms in total. The number of hydrogen-bond donors (Lipinski definition) is 1. The van der Waals surface area contributed by atoms with Crippen LogP contribution in [-0.2, 0) is 0 Å². The Kier molecular flexibility index (Phi) is 5.09. The summed E-state index contributed by atoms with van der Waals surface area (Å²) < 4.78 is 0. The quantitative estimate of drug-likeness (QED) is 0.713. The summed E-state index contributed by atoms with van der Waals surface area (Å²) in [5, 5.41) is 3.97. The monoisotopic (exact) mass is 235 g/mol. The van der Waals surface area contributed by atoms with E-state index >= 15 is 0 Å². The zero-order valence-corrected chi connectivity index (χ0v) is 11.7. The van der Waals surface area contributed by atoms with Crippen LogP contribution in [0.1, 0.15) is 71.6 Å². The molecule has 2 fully saturated rings. The molecule has 17 heavy (non-hydrogen) atoms. The topological polar surface area (TPSA) is 12.0 Å². The van der Waals surface area contributed by atoms with Gasteiger partial charge in [0.1, 0.15) is 0 Å². The zero-order valence-electron chi connectivity index (χ0n) is 11.7. The van der Waals surface area contributed by atoms with E-state index in [1.165, 1.54) is 63.4 Å². The maximum Gasteiger partial charge on any atom is 0.0132 e. The molecular weight excluding hydrogens is 206 g/mol. The summed E-state index contributed by atoms with van der Waals surface area (Å²) in [6, 6.07) is 1.58. The minimum absolute atomic E-state index is 0.766. The largest absolute Gasteiger partial charge is 0.311 e. The van der Waals surface area contributed by atoms with Crippen molar-refractivity contribution in [2.45, 2.75) is 83.7 Å². The molecule has 2 atom stereocenters. The molecule has 0 aromatic heterocycles. The van der Waals surface area contributed by atoms with Gasteiger partial charge in [-0.2, -0.15) is 0 Å². The van der Waals surface area contributed by atoms with Crippen molar-refractivity contribution in [2.24, 2.45) is 5.92 Å². The van der Waals surface area contributed by atoms with Crippen LogP contribution in [0.4, 0.5) is 0 Å². The predicted octanol–water partition coefficient (Wildman–Crippen LogP) is 4.43. The van der Waals surface area contributed by atoms with Crippen molar-refractivity contribution < 1.29 is 0 Å². The molecule has 0 bridgehead atoms. The van der Waals surface area contributed by atoms with Crippen molar-refractivity contribution in [3.8, 4) is 0 Å². The van der Waals surface area contributed by atoms with E-state index in [2.05, 4.69) is 25.2 Å². The van der Waals surface area contributed by atoms with Crippen molar-refractivity contribution >= 4 is 0 Å². The molecule has 98 valence electrons. The van der Waals surface area contributed by atoms with Gasteiger partial charge in [-0.05, 0) is 45.4 Å². The lowest BCUT2D eigenvalue weighted by Crippen LogP contribution is -2.44.